The van der Waals surface area contributed by atoms with Gasteiger partial charge in [-0.1, -0.05) is 33.6 Å². The predicted molar refractivity (Wildman–Crippen MR) is 62.7 cm³/mol. The maximum atomic E-state index is 5.50. The lowest BCUT2D eigenvalue weighted by Gasteiger charge is -2.07. The van der Waals surface area contributed by atoms with E-state index in [4.69, 9.17) is 4.74 Å². The molecule has 0 saturated carbocycles. The standard InChI is InChI=1S/C12H27NO/c1-4-5-6-9-14-10-7-8-13-11-12(2)3/h12-13H,4-11H2,1-3H3. The van der Waals surface area contributed by atoms with Crippen LogP contribution in [0.3, 0.4) is 0 Å². The molecular formula is C12H27NO. The summed E-state index contributed by atoms with van der Waals surface area (Å²) in [5, 5.41) is 3.41. The summed E-state index contributed by atoms with van der Waals surface area (Å²) in [6.07, 6.45) is 4.93. The minimum absolute atomic E-state index is 0.750. The van der Waals surface area contributed by atoms with E-state index in [-0.39, 0.29) is 0 Å². The van der Waals surface area contributed by atoms with Crippen molar-refractivity contribution in [1.82, 2.24) is 5.32 Å². The van der Waals surface area contributed by atoms with Crippen molar-refractivity contribution in [2.75, 3.05) is 26.3 Å². The first-order valence-electron chi connectivity index (χ1n) is 6.05. The lowest BCUT2D eigenvalue weighted by atomic mass is 10.2. The van der Waals surface area contributed by atoms with E-state index < -0.39 is 0 Å². The summed E-state index contributed by atoms with van der Waals surface area (Å²) in [6, 6.07) is 0. The summed E-state index contributed by atoms with van der Waals surface area (Å²) >= 11 is 0. The molecule has 2 nitrogen and oxygen atoms in total. The zero-order valence-corrected chi connectivity index (χ0v) is 10.1. The van der Waals surface area contributed by atoms with Crippen LogP contribution < -0.4 is 5.32 Å². The fourth-order valence-corrected chi connectivity index (χ4v) is 1.25. The molecule has 14 heavy (non-hydrogen) atoms. The maximum absolute atomic E-state index is 5.50. The topological polar surface area (TPSA) is 21.3 Å². The Bertz CT molecular complexity index is 104. The van der Waals surface area contributed by atoms with E-state index in [0.29, 0.717) is 0 Å². The second-order valence-corrected chi connectivity index (χ2v) is 4.27. The minimum Gasteiger partial charge on any atom is -0.381 e. The number of ether oxygens (including phenoxy) is 1. The Morgan fingerprint density at radius 2 is 1.79 bits per heavy atom. The van der Waals surface area contributed by atoms with Crippen LogP contribution in [0.1, 0.15) is 46.5 Å². The van der Waals surface area contributed by atoms with Gasteiger partial charge in [0.25, 0.3) is 0 Å². The van der Waals surface area contributed by atoms with Crippen LogP contribution in [0.15, 0.2) is 0 Å². The van der Waals surface area contributed by atoms with Gasteiger partial charge in [-0.3, -0.25) is 0 Å². The van der Waals surface area contributed by atoms with Crippen LogP contribution >= 0.6 is 0 Å². The van der Waals surface area contributed by atoms with E-state index in [1.807, 2.05) is 0 Å². The fourth-order valence-electron chi connectivity index (χ4n) is 1.25. The molecule has 0 rings (SSSR count). The lowest BCUT2D eigenvalue weighted by molar-refractivity contribution is 0.127. The molecule has 0 unspecified atom stereocenters. The third kappa shape index (κ3) is 11.9. The highest BCUT2D eigenvalue weighted by atomic mass is 16.5. The van der Waals surface area contributed by atoms with Crippen LogP contribution in [-0.4, -0.2) is 26.3 Å². The summed E-state index contributed by atoms with van der Waals surface area (Å²) in [5.41, 5.74) is 0. The number of hydrogen-bond acceptors (Lipinski definition) is 2. The molecule has 0 aromatic heterocycles. The molecule has 0 saturated heterocycles. The van der Waals surface area contributed by atoms with Crippen LogP contribution in [0.25, 0.3) is 0 Å². The Hall–Kier alpha value is -0.0800. The SMILES string of the molecule is CCCCCOCCCNCC(C)C. The smallest absolute Gasteiger partial charge is 0.0478 e. The molecule has 0 fully saturated rings. The summed E-state index contributed by atoms with van der Waals surface area (Å²) in [4.78, 5) is 0. The van der Waals surface area contributed by atoms with Gasteiger partial charge in [0.1, 0.15) is 0 Å². The molecule has 0 spiro atoms. The summed E-state index contributed by atoms with van der Waals surface area (Å²) < 4.78 is 5.50. The molecule has 0 atom stereocenters. The Morgan fingerprint density at radius 3 is 2.43 bits per heavy atom. The van der Waals surface area contributed by atoms with Gasteiger partial charge in [0.15, 0.2) is 0 Å². The number of nitrogens with one attached hydrogen (secondary N) is 1. The summed E-state index contributed by atoms with van der Waals surface area (Å²) in [5.74, 6) is 0.750. The molecule has 0 heterocycles. The van der Waals surface area contributed by atoms with Gasteiger partial charge >= 0.3 is 0 Å². The van der Waals surface area contributed by atoms with Gasteiger partial charge in [-0.15, -0.1) is 0 Å². The van der Waals surface area contributed by atoms with Gasteiger partial charge in [-0.2, -0.15) is 0 Å². The normalized spacial score (nSPS) is 11.1. The second-order valence-electron chi connectivity index (χ2n) is 4.27. The molecule has 0 radical (unpaired) electrons. The van der Waals surface area contributed by atoms with Gasteiger partial charge < -0.3 is 10.1 Å². The monoisotopic (exact) mass is 201 g/mol. The number of unbranched alkanes of at least 4 members (excludes halogenated alkanes) is 2. The van der Waals surface area contributed by atoms with E-state index in [1.54, 1.807) is 0 Å². The van der Waals surface area contributed by atoms with Crippen molar-refractivity contribution >= 4 is 0 Å². The number of rotatable bonds is 10. The van der Waals surface area contributed by atoms with Crippen molar-refractivity contribution < 1.29 is 4.74 Å². The highest BCUT2D eigenvalue weighted by Crippen LogP contribution is 1.94. The first kappa shape index (κ1) is 13.9. The summed E-state index contributed by atoms with van der Waals surface area (Å²) in [7, 11) is 0. The van der Waals surface area contributed by atoms with Gasteiger partial charge in [0.2, 0.25) is 0 Å². The van der Waals surface area contributed by atoms with Crippen molar-refractivity contribution in [2.24, 2.45) is 5.92 Å². The van der Waals surface area contributed by atoms with E-state index in [9.17, 15) is 0 Å². The molecule has 86 valence electrons. The molecule has 0 aromatic rings. The zero-order chi connectivity index (χ0) is 10.6. The van der Waals surface area contributed by atoms with Gasteiger partial charge in [0.05, 0.1) is 0 Å². The Labute approximate surface area is 89.4 Å². The average molecular weight is 201 g/mol. The van der Waals surface area contributed by atoms with Crippen LogP contribution in [0.5, 0.6) is 0 Å². The largest absolute Gasteiger partial charge is 0.381 e. The molecule has 0 amide bonds. The van der Waals surface area contributed by atoms with E-state index in [1.165, 1.54) is 19.3 Å². The Kier molecular flexibility index (Phi) is 10.9. The van der Waals surface area contributed by atoms with Crippen molar-refractivity contribution in [3.63, 3.8) is 0 Å². The maximum Gasteiger partial charge on any atom is 0.0478 e. The molecular weight excluding hydrogens is 174 g/mol. The van der Waals surface area contributed by atoms with Crippen molar-refractivity contribution in [3.05, 3.63) is 0 Å². The molecule has 0 bridgehead atoms. The molecule has 2 heteroatoms. The van der Waals surface area contributed by atoms with Gasteiger partial charge in [-0.05, 0) is 31.8 Å². The fraction of sp³-hybridized carbons (Fsp3) is 1.00. The second kappa shape index (κ2) is 11.0. The van der Waals surface area contributed by atoms with E-state index >= 15 is 0 Å². The highest BCUT2D eigenvalue weighted by Gasteiger charge is 1.92. The Morgan fingerprint density at radius 1 is 1.07 bits per heavy atom. The first-order valence-corrected chi connectivity index (χ1v) is 6.05. The predicted octanol–water partition coefficient (Wildman–Crippen LogP) is 2.83. The third-order valence-electron chi connectivity index (χ3n) is 2.09. The third-order valence-corrected chi connectivity index (χ3v) is 2.09. The minimum atomic E-state index is 0.750. The van der Waals surface area contributed by atoms with Crippen molar-refractivity contribution in [3.8, 4) is 0 Å². The zero-order valence-electron chi connectivity index (χ0n) is 10.1. The van der Waals surface area contributed by atoms with Crippen molar-refractivity contribution in [1.29, 1.82) is 0 Å². The van der Waals surface area contributed by atoms with Crippen LogP contribution in [0, 0.1) is 5.92 Å². The summed E-state index contributed by atoms with van der Waals surface area (Å²) in [6.45, 7) is 10.7. The van der Waals surface area contributed by atoms with Crippen LogP contribution in [0.4, 0.5) is 0 Å². The molecule has 0 aromatic carbocycles. The number of hydrogen-bond donors (Lipinski definition) is 1. The van der Waals surface area contributed by atoms with E-state index in [2.05, 4.69) is 26.1 Å². The Balaban J connectivity index is 2.85. The molecule has 0 aliphatic carbocycles. The highest BCUT2D eigenvalue weighted by molar-refractivity contribution is 4.50. The average Bonchev–Trinajstić information content (AvgIpc) is 2.15. The van der Waals surface area contributed by atoms with E-state index in [0.717, 1.165) is 38.6 Å². The van der Waals surface area contributed by atoms with Crippen molar-refractivity contribution in [2.45, 2.75) is 46.5 Å². The molecule has 1 N–H and O–H groups in total. The van der Waals surface area contributed by atoms with Gasteiger partial charge in [-0.25, -0.2) is 0 Å². The van der Waals surface area contributed by atoms with Gasteiger partial charge in [0, 0.05) is 13.2 Å². The van der Waals surface area contributed by atoms with Crippen LogP contribution in [0.2, 0.25) is 0 Å². The quantitative estimate of drug-likeness (QED) is 0.549. The molecule has 0 aliphatic rings. The molecule has 0 aliphatic heterocycles. The first-order chi connectivity index (χ1) is 6.77. The van der Waals surface area contributed by atoms with Crippen LogP contribution in [-0.2, 0) is 4.74 Å². The lowest BCUT2D eigenvalue weighted by Crippen LogP contribution is -2.21.